The van der Waals surface area contributed by atoms with Crippen molar-refractivity contribution in [2.45, 2.75) is 83.6 Å². The SMILES string of the molecule is CC(C)(C)OC(=O)N1C[C@H]2CN(c3ncnc4c3c(C3CCOCC3)cn4COCC[Si](C)(C)C)[C@H]2C1. The first-order valence-corrected chi connectivity index (χ1v) is 17.4. The molecule has 0 N–H and O–H groups in total. The maximum atomic E-state index is 12.7. The van der Waals surface area contributed by atoms with Gasteiger partial charge in [-0.05, 0) is 51.1 Å². The van der Waals surface area contributed by atoms with Gasteiger partial charge in [0.2, 0.25) is 0 Å². The molecule has 3 aliphatic heterocycles. The Kier molecular flexibility index (Phi) is 7.28. The van der Waals surface area contributed by atoms with Crippen LogP contribution in [0.25, 0.3) is 11.0 Å². The van der Waals surface area contributed by atoms with E-state index in [0.717, 1.165) is 68.6 Å². The monoisotopic (exact) mass is 529 g/mol. The molecule has 9 nitrogen and oxygen atoms in total. The maximum absolute atomic E-state index is 12.7. The van der Waals surface area contributed by atoms with E-state index in [-0.39, 0.29) is 12.1 Å². The van der Waals surface area contributed by atoms with Gasteiger partial charge >= 0.3 is 6.09 Å². The summed E-state index contributed by atoms with van der Waals surface area (Å²) in [6, 6.07) is 1.40. The molecule has 0 aromatic carbocycles. The highest BCUT2D eigenvalue weighted by Gasteiger charge is 2.49. The van der Waals surface area contributed by atoms with Gasteiger partial charge in [0.25, 0.3) is 0 Å². The average Bonchev–Trinajstić information content (AvgIpc) is 3.35. The Morgan fingerprint density at radius 1 is 1.14 bits per heavy atom. The van der Waals surface area contributed by atoms with Gasteiger partial charge in [-0.15, -0.1) is 0 Å². The molecule has 0 aliphatic carbocycles. The van der Waals surface area contributed by atoms with Crippen LogP contribution in [0.3, 0.4) is 0 Å². The highest BCUT2D eigenvalue weighted by Crippen LogP contribution is 2.42. The molecule has 3 aliphatic rings. The molecular formula is C27H43N5O4Si. The van der Waals surface area contributed by atoms with E-state index in [1.54, 1.807) is 6.33 Å². The van der Waals surface area contributed by atoms with E-state index in [4.69, 9.17) is 24.2 Å². The van der Waals surface area contributed by atoms with Crippen LogP contribution < -0.4 is 4.90 Å². The van der Waals surface area contributed by atoms with Crippen molar-refractivity contribution >= 4 is 31.0 Å². The van der Waals surface area contributed by atoms with Crippen LogP contribution in [0.2, 0.25) is 25.7 Å². The normalized spacial score (nSPS) is 22.9. The molecule has 3 saturated heterocycles. The predicted octanol–water partition coefficient (Wildman–Crippen LogP) is 4.69. The summed E-state index contributed by atoms with van der Waals surface area (Å²) >= 11 is 0. The summed E-state index contributed by atoms with van der Waals surface area (Å²) in [5.41, 5.74) is 1.74. The zero-order valence-electron chi connectivity index (χ0n) is 23.3. The molecule has 0 saturated carbocycles. The molecule has 0 unspecified atom stereocenters. The number of nitrogens with zero attached hydrogens (tertiary/aromatic N) is 5. The fourth-order valence-electron chi connectivity index (χ4n) is 5.67. The van der Waals surface area contributed by atoms with Gasteiger partial charge in [0, 0.05) is 59.6 Å². The van der Waals surface area contributed by atoms with Crippen LogP contribution in [0.4, 0.5) is 10.6 Å². The second kappa shape index (κ2) is 10.2. The molecule has 37 heavy (non-hydrogen) atoms. The summed E-state index contributed by atoms with van der Waals surface area (Å²) in [4.78, 5) is 26.5. The topological polar surface area (TPSA) is 82.0 Å². The van der Waals surface area contributed by atoms with Gasteiger partial charge in [-0.3, -0.25) is 0 Å². The minimum atomic E-state index is -1.15. The van der Waals surface area contributed by atoms with Crippen LogP contribution in [0.1, 0.15) is 45.1 Å². The molecule has 2 aromatic heterocycles. The van der Waals surface area contributed by atoms with Crippen LogP contribution in [-0.4, -0.2) is 84.7 Å². The van der Waals surface area contributed by atoms with Crippen LogP contribution in [-0.2, 0) is 20.9 Å². The van der Waals surface area contributed by atoms with E-state index in [1.165, 1.54) is 5.56 Å². The third-order valence-electron chi connectivity index (χ3n) is 7.71. The summed E-state index contributed by atoms with van der Waals surface area (Å²) in [7, 11) is -1.15. The molecule has 204 valence electrons. The summed E-state index contributed by atoms with van der Waals surface area (Å²) in [5.74, 6) is 1.85. The van der Waals surface area contributed by atoms with Crippen molar-refractivity contribution in [3.63, 3.8) is 0 Å². The quantitative estimate of drug-likeness (QED) is 0.380. The lowest BCUT2D eigenvalue weighted by Gasteiger charge is -2.44. The lowest BCUT2D eigenvalue weighted by atomic mass is 9.89. The third-order valence-corrected chi connectivity index (χ3v) is 9.42. The molecule has 0 spiro atoms. The lowest BCUT2D eigenvalue weighted by molar-refractivity contribution is 0.0290. The number of amides is 1. The van der Waals surface area contributed by atoms with E-state index in [2.05, 4.69) is 35.3 Å². The fraction of sp³-hybridized carbons (Fsp3) is 0.741. The van der Waals surface area contributed by atoms with Crippen molar-refractivity contribution < 1.29 is 19.0 Å². The highest BCUT2D eigenvalue weighted by molar-refractivity contribution is 6.76. The maximum Gasteiger partial charge on any atom is 0.410 e. The summed E-state index contributed by atoms with van der Waals surface area (Å²) in [6.07, 6.45) is 5.70. The average molecular weight is 530 g/mol. The Balaban J connectivity index is 1.39. The number of fused-ring (bicyclic) bond motifs is 2. The minimum absolute atomic E-state index is 0.223. The Hall–Kier alpha value is -2.17. The Labute approximate surface area is 221 Å². The van der Waals surface area contributed by atoms with Crippen molar-refractivity contribution in [1.82, 2.24) is 19.4 Å². The first-order chi connectivity index (χ1) is 17.5. The molecule has 1 amide bonds. The smallest absolute Gasteiger partial charge is 0.410 e. The van der Waals surface area contributed by atoms with Crippen molar-refractivity contribution in [3.05, 3.63) is 18.1 Å². The lowest BCUT2D eigenvalue weighted by Crippen LogP contribution is -2.56. The van der Waals surface area contributed by atoms with Gasteiger partial charge in [0.05, 0.1) is 11.4 Å². The Morgan fingerprint density at radius 2 is 1.89 bits per heavy atom. The van der Waals surface area contributed by atoms with Crippen molar-refractivity contribution in [1.29, 1.82) is 0 Å². The van der Waals surface area contributed by atoms with Gasteiger partial charge in [-0.1, -0.05) is 19.6 Å². The molecule has 3 fully saturated rings. The highest BCUT2D eigenvalue weighted by atomic mass is 28.3. The minimum Gasteiger partial charge on any atom is -0.444 e. The predicted molar refractivity (Wildman–Crippen MR) is 147 cm³/mol. The van der Waals surface area contributed by atoms with Gasteiger partial charge in [-0.25, -0.2) is 14.8 Å². The molecule has 5 heterocycles. The summed E-state index contributed by atoms with van der Waals surface area (Å²) in [5, 5.41) is 1.14. The van der Waals surface area contributed by atoms with Crippen LogP contribution in [0.15, 0.2) is 12.5 Å². The van der Waals surface area contributed by atoms with Crippen molar-refractivity contribution in [2.75, 3.05) is 44.4 Å². The number of likely N-dealkylation sites (tertiary alicyclic amines) is 1. The number of hydrogen-bond acceptors (Lipinski definition) is 7. The molecule has 0 radical (unpaired) electrons. The number of carbonyl (C=O) groups is 1. The van der Waals surface area contributed by atoms with Crippen molar-refractivity contribution in [2.24, 2.45) is 5.92 Å². The van der Waals surface area contributed by atoms with Crippen molar-refractivity contribution in [3.8, 4) is 0 Å². The van der Waals surface area contributed by atoms with E-state index < -0.39 is 13.7 Å². The number of carbonyl (C=O) groups excluding carboxylic acids is 1. The van der Waals surface area contributed by atoms with E-state index in [0.29, 0.717) is 25.1 Å². The third kappa shape index (κ3) is 5.81. The van der Waals surface area contributed by atoms with Gasteiger partial charge in [0.1, 0.15) is 30.1 Å². The second-order valence-corrected chi connectivity index (χ2v) is 18.7. The van der Waals surface area contributed by atoms with Gasteiger partial charge < -0.3 is 28.6 Å². The Morgan fingerprint density at radius 3 is 2.59 bits per heavy atom. The zero-order valence-corrected chi connectivity index (χ0v) is 24.3. The molecule has 2 aromatic rings. The van der Waals surface area contributed by atoms with Crippen LogP contribution in [0, 0.1) is 5.92 Å². The number of ether oxygens (including phenoxy) is 3. The molecule has 5 rings (SSSR count). The van der Waals surface area contributed by atoms with E-state index in [9.17, 15) is 4.79 Å². The molecule has 2 atom stereocenters. The zero-order chi connectivity index (χ0) is 26.4. The summed E-state index contributed by atoms with van der Waals surface area (Å²) in [6.45, 7) is 18.0. The Bertz CT molecular complexity index is 1120. The summed E-state index contributed by atoms with van der Waals surface area (Å²) < 4.78 is 19.6. The second-order valence-electron chi connectivity index (χ2n) is 13.0. The number of anilines is 1. The first kappa shape index (κ1) is 26.4. The molecule has 0 bridgehead atoms. The van der Waals surface area contributed by atoms with Crippen LogP contribution >= 0.6 is 0 Å². The number of rotatable bonds is 7. The van der Waals surface area contributed by atoms with E-state index >= 15 is 0 Å². The largest absolute Gasteiger partial charge is 0.444 e. The van der Waals surface area contributed by atoms with Gasteiger partial charge in [0.15, 0.2) is 0 Å². The standard InChI is InChI=1S/C27H43N5O4Si/c1-27(2,3)36-26(33)30-13-20-14-32(22(20)16-30)25-23-21(19-7-9-34-10-8-19)15-31(24(23)28-17-29-25)18-35-11-12-37(4,5)6/h15,17,19-20,22H,7-14,16,18H2,1-6H3/t20-,22-/m0/s1. The van der Waals surface area contributed by atoms with E-state index in [1.807, 2.05) is 25.7 Å². The first-order valence-electron chi connectivity index (χ1n) is 13.7. The number of aromatic nitrogens is 3. The molecular weight excluding hydrogens is 486 g/mol. The molecule has 10 heteroatoms. The number of hydrogen-bond donors (Lipinski definition) is 0. The van der Waals surface area contributed by atoms with Crippen LogP contribution in [0.5, 0.6) is 0 Å². The van der Waals surface area contributed by atoms with Gasteiger partial charge in [-0.2, -0.15) is 0 Å². The fourth-order valence-corrected chi connectivity index (χ4v) is 6.42.